The van der Waals surface area contributed by atoms with Crippen molar-refractivity contribution < 1.29 is 22.3 Å². The Morgan fingerprint density at radius 3 is 2.81 bits per heavy atom. The van der Waals surface area contributed by atoms with Gasteiger partial charge in [0.2, 0.25) is 0 Å². The Morgan fingerprint density at radius 1 is 1.19 bits per heavy atom. The number of carbonyl (C=O) groups is 1. The van der Waals surface area contributed by atoms with E-state index in [0.717, 1.165) is 6.07 Å². The van der Waals surface area contributed by atoms with Gasteiger partial charge in [-0.3, -0.25) is 4.79 Å². The molecular weight excluding hydrogens is 371 g/mol. The fourth-order valence-electron chi connectivity index (χ4n) is 3.41. The summed E-state index contributed by atoms with van der Waals surface area (Å²) in [6.45, 7) is 0.906. The normalized spacial score (nSPS) is 20.7. The maximum Gasteiger partial charge on any atom is 0.316 e. The Kier molecular flexibility index (Phi) is 4.43. The van der Waals surface area contributed by atoms with Gasteiger partial charge < -0.3 is 9.64 Å². The summed E-state index contributed by atoms with van der Waals surface area (Å²) >= 11 is 0. The van der Waals surface area contributed by atoms with E-state index in [4.69, 9.17) is 4.74 Å². The lowest BCUT2D eigenvalue weighted by Gasteiger charge is -2.32. The van der Waals surface area contributed by atoms with Crippen molar-refractivity contribution in [1.29, 1.82) is 0 Å². The van der Waals surface area contributed by atoms with E-state index in [1.807, 2.05) is 4.90 Å². The third-order valence-corrected chi connectivity index (χ3v) is 6.01. The van der Waals surface area contributed by atoms with Crippen molar-refractivity contribution >= 4 is 21.8 Å². The van der Waals surface area contributed by atoms with E-state index in [1.54, 1.807) is 18.2 Å². The van der Waals surface area contributed by atoms with E-state index < -0.39 is 27.7 Å². The summed E-state index contributed by atoms with van der Waals surface area (Å²) in [5, 5.41) is 0. The number of hydrogen-bond donors (Lipinski definition) is 0. The maximum atomic E-state index is 13.3. The number of carbonyl (C=O) groups excluding carboxylic acids is 1. The second-order valence-electron chi connectivity index (χ2n) is 6.55. The Bertz CT molecular complexity index is 1040. The van der Waals surface area contributed by atoms with Crippen LogP contribution < -0.4 is 4.74 Å². The molecule has 2 heterocycles. The lowest BCUT2D eigenvalue weighted by atomic mass is 9.97. The number of fused-ring (bicyclic) bond motifs is 1. The molecule has 2 aliphatic heterocycles. The molecule has 0 saturated carbocycles. The molecule has 4 rings (SSSR count). The molecule has 27 heavy (non-hydrogen) atoms. The predicted molar refractivity (Wildman–Crippen MR) is 96.5 cm³/mol. The number of likely N-dealkylation sites (tertiary alicyclic amines) is 1. The van der Waals surface area contributed by atoms with Crippen molar-refractivity contribution in [3.8, 4) is 5.75 Å². The molecule has 0 radical (unpaired) electrons. The molecule has 6 nitrogen and oxygen atoms in total. The number of esters is 1. The Labute approximate surface area is 156 Å². The fourth-order valence-corrected chi connectivity index (χ4v) is 4.64. The van der Waals surface area contributed by atoms with Crippen molar-refractivity contribution in [1.82, 2.24) is 4.90 Å². The molecule has 0 N–H and O–H groups in total. The molecule has 1 saturated heterocycles. The molecule has 140 valence electrons. The topological polar surface area (TPSA) is 76.0 Å². The average Bonchev–Trinajstić information content (AvgIpc) is 2.93. The number of piperidine rings is 1. The van der Waals surface area contributed by atoms with E-state index >= 15 is 0 Å². The van der Waals surface area contributed by atoms with Gasteiger partial charge in [0.1, 0.15) is 16.5 Å². The Hall–Kier alpha value is -2.74. The minimum atomic E-state index is -3.71. The summed E-state index contributed by atoms with van der Waals surface area (Å²) in [6.07, 6.45) is 1.32. The summed E-state index contributed by atoms with van der Waals surface area (Å²) in [4.78, 5) is 14.5. The van der Waals surface area contributed by atoms with Crippen LogP contribution in [0.15, 0.2) is 57.8 Å². The molecule has 2 aliphatic rings. The van der Waals surface area contributed by atoms with Crippen LogP contribution in [0.25, 0.3) is 0 Å². The van der Waals surface area contributed by atoms with Gasteiger partial charge in [-0.2, -0.15) is 8.42 Å². The smallest absolute Gasteiger partial charge is 0.316 e. The highest BCUT2D eigenvalue weighted by molar-refractivity contribution is 7.90. The molecule has 1 atom stereocenters. The number of rotatable bonds is 2. The van der Waals surface area contributed by atoms with E-state index in [9.17, 15) is 17.6 Å². The predicted octanol–water partition coefficient (Wildman–Crippen LogP) is 2.59. The molecule has 0 spiro atoms. The number of benzene rings is 2. The second kappa shape index (κ2) is 6.77. The summed E-state index contributed by atoms with van der Waals surface area (Å²) in [6, 6.07) is 12.1. The summed E-state index contributed by atoms with van der Waals surface area (Å²) in [5.41, 5.74) is 0.552. The molecular formula is C19H17FN2O4S. The zero-order valence-corrected chi connectivity index (χ0v) is 15.2. The van der Waals surface area contributed by atoms with Crippen LogP contribution in [-0.2, 0) is 14.8 Å². The molecule has 2 aromatic rings. The van der Waals surface area contributed by atoms with Crippen LogP contribution in [0.1, 0.15) is 18.4 Å². The third-order valence-electron chi connectivity index (χ3n) is 4.68. The number of amidine groups is 1. The Balaban J connectivity index is 1.53. The lowest BCUT2D eigenvalue weighted by Crippen LogP contribution is -2.43. The van der Waals surface area contributed by atoms with Crippen molar-refractivity contribution in [2.24, 2.45) is 10.3 Å². The van der Waals surface area contributed by atoms with Crippen LogP contribution in [-0.4, -0.2) is 38.2 Å². The van der Waals surface area contributed by atoms with Gasteiger partial charge in [-0.1, -0.05) is 18.2 Å². The molecule has 2 aromatic carbocycles. The van der Waals surface area contributed by atoms with Crippen LogP contribution in [0.5, 0.6) is 5.75 Å². The minimum Gasteiger partial charge on any atom is -0.426 e. The van der Waals surface area contributed by atoms with Gasteiger partial charge in [0, 0.05) is 24.7 Å². The molecule has 0 amide bonds. The van der Waals surface area contributed by atoms with Gasteiger partial charge in [-0.15, -0.1) is 4.40 Å². The number of halogens is 1. The molecule has 8 heteroatoms. The summed E-state index contributed by atoms with van der Waals surface area (Å²) in [5.74, 6) is -0.856. The molecule has 0 bridgehead atoms. The number of ether oxygens (including phenoxy) is 1. The van der Waals surface area contributed by atoms with E-state index in [-0.39, 0.29) is 10.6 Å². The first kappa shape index (κ1) is 17.7. The maximum absolute atomic E-state index is 13.3. The standard InChI is InChI=1S/C19H17FN2O4S/c20-14-6-3-7-15(11-14)26-19(23)13-5-4-10-22(12-13)18-16-8-1-2-9-17(16)27(24,25)21-18/h1-3,6-9,11,13H,4-5,10,12H2/t13-/m0/s1. The number of hydrogen-bond acceptors (Lipinski definition) is 5. The van der Waals surface area contributed by atoms with Crippen LogP contribution >= 0.6 is 0 Å². The van der Waals surface area contributed by atoms with Crippen molar-refractivity contribution in [3.63, 3.8) is 0 Å². The highest BCUT2D eigenvalue weighted by Gasteiger charge is 2.35. The van der Waals surface area contributed by atoms with Crippen LogP contribution in [0.2, 0.25) is 0 Å². The quantitative estimate of drug-likeness (QED) is 0.584. The average molecular weight is 388 g/mol. The highest BCUT2D eigenvalue weighted by Crippen LogP contribution is 2.30. The zero-order chi connectivity index (χ0) is 19.0. The minimum absolute atomic E-state index is 0.156. The third kappa shape index (κ3) is 3.44. The van der Waals surface area contributed by atoms with Crippen LogP contribution in [0.4, 0.5) is 4.39 Å². The first-order valence-electron chi connectivity index (χ1n) is 8.60. The van der Waals surface area contributed by atoms with Crippen molar-refractivity contribution in [2.75, 3.05) is 13.1 Å². The molecule has 0 unspecified atom stereocenters. The van der Waals surface area contributed by atoms with Crippen LogP contribution in [0.3, 0.4) is 0 Å². The lowest BCUT2D eigenvalue weighted by molar-refractivity contribution is -0.140. The molecule has 0 aromatic heterocycles. The summed E-state index contributed by atoms with van der Waals surface area (Å²) in [7, 11) is -3.71. The highest BCUT2D eigenvalue weighted by atomic mass is 32.2. The fraction of sp³-hybridized carbons (Fsp3) is 0.263. The van der Waals surface area contributed by atoms with Crippen LogP contribution in [0, 0.1) is 11.7 Å². The largest absolute Gasteiger partial charge is 0.426 e. The van der Waals surface area contributed by atoms with E-state index in [0.29, 0.717) is 37.3 Å². The monoisotopic (exact) mass is 388 g/mol. The number of nitrogens with zero attached hydrogens (tertiary/aromatic N) is 2. The number of sulfonamides is 1. The van der Waals surface area contributed by atoms with Crippen molar-refractivity contribution in [3.05, 3.63) is 59.9 Å². The molecule has 1 fully saturated rings. The summed E-state index contributed by atoms with van der Waals surface area (Å²) < 4.78 is 47.0. The SMILES string of the molecule is O=C(Oc1cccc(F)c1)[C@H]1CCCN(C2=NS(=O)(=O)c3ccccc32)C1. The van der Waals surface area contributed by atoms with Crippen molar-refractivity contribution in [2.45, 2.75) is 17.7 Å². The van der Waals surface area contributed by atoms with Gasteiger partial charge in [-0.05, 0) is 37.1 Å². The zero-order valence-electron chi connectivity index (χ0n) is 14.3. The Morgan fingerprint density at radius 2 is 2.00 bits per heavy atom. The first-order valence-corrected chi connectivity index (χ1v) is 10.0. The van der Waals surface area contributed by atoms with Gasteiger partial charge >= 0.3 is 5.97 Å². The van der Waals surface area contributed by atoms with Gasteiger partial charge in [0.05, 0.1) is 5.92 Å². The molecule has 0 aliphatic carbocycles. The van der Waals surface area contributed by atoms with Gasteiger partial charge in [-0.25, -0.2) is 4.39 Å². The van der Waals surface area contributed by atoms with Gasteiger partial charge in [0.15, 0.2) is 5.84 Å². The van der Waals surface area contributed by atoms with Gasteiger partial charge in [0.25, 0.3) is 10.0 Å². The van der Waals surface area contributed by atoms with E-state index in [1.165, 1.54) is 24.3 Å². The van der Waals surface area contributed by atoms with E-state index in [2.05, 4.69) is 4.40 Å². The first-order chi connectivity index (χ1) is 12.9. The second-order valence-corrected chi connectivity index (χ2v) is 8.12.